The number of rotatable bonds is 3. The van der Waals surface area contributed by atoms with Crippen molar-refractivity contribution in [2.75, 3.05) is 6.54 Å². The summed E-state index contributed by atoms with van der Waals surface area (Å²) >= 11 is 0. The highest BCUT2D eigenvalue weighted by molar-refractivity contribution is 5.73. The maximum absolute atomic E-state index is 11.4. The molecular formula is C12H14N4O3. The molecular weight excluding hydrogens is 248 g/mol. The normalized spacial score (nSPS) is 13.8. The second-order valence-corrected chi connectivity index (χ2v) is 4.44. The van der Waals surface area contributed by atoms with Crippen LogP contribution >= 0.6 is 0 Å². The van der Waals surface area contributed by atoms with Gasteiger partial charge in [-0.15, -0.1) is 0 Å². The Morgan fingerprint density at radius 3 is 2.84 bits per heavy atom. The number of aryl methyl sites for hydroxylation is 1. The van der Waals surface area contributed by atoms with Crippen molar-refractivity contribution in [3.05, 3.63) is 17.0 Å². The van der Waals surface area contributed by atoms with E-state index in [-0.39, 0.29) is 24.6 Å². The third kappa shape index (κ3) is 2.57. The van der Waals surface area contributed by atoms with Gasteiger partial charge in [-0.25, -0.2) is 0 Å². The van der Waals surface area contributed by atoms with Gasteiger partial charge >= 0.3 is 5.97 Å². The number of carbonyl (C=O) groups is 2. The first-order chi connectivity index (χ1) is 9.02. The molecule has 2 rings (SSSR count). The van der Waals surface area contributed by atoms with Crippen LogP contribution in [0.3, 0.4) is 0 Å². The molecule has 0 aliphatic carbocycles. The van der Waals surface area contributed by atoms with Gasteiger partial charge in [-0.2, -0.15) is 10.4 Å². The van der Waals surface area contributed by atoms with Crippen molar-refractivity contribution in [2.45, 2.75) is 32.9 Å². The van der Waals surface area contributed by atoms with Crippen molar-refractivity contribution in [1.82, 2.24) is 14.7 Å². The topological polar surface area (TPSA) is 99.2 Å². The van der Waals surface area contributed by atoms with E-state index in [1.165, 1.54) is 6.92 Å². The number of fused-ring (bicyclic) bond motifs is 1. The fourth-order valence-corrected chi connectivity index (χ4v) is 2.24. The molecule has 1 aromatic heterocycles. The molecule has 1 aromatic rings. The molecule has 0 spiro atoms. The van der Waals surface area contributed by atoms with Gasteiger partial charge in [-0.3, -0.25) is 14.3 Å². The van der Waals surface area contributed by atoms with E-state index < -0.39 is 5.97 Å². The summed E-state index contributed by atoms with van der Waals surface area (Å²) in [6, 6.07) is 2.01. The van der Waals surface area contributed by atoms with Gasteiger partial charge in [0.25, 0.3) is 0 Å². The monoisotopic (exact) mass is 262 g/mol. The standard InChI is InChI=1S/C12H14N4O3/c1-8(17)15-4-2-11-9(7-15)10(6-13)14-16(11)5-3-12(18)19/h2-5,7H2,1H3,(H,18,19). The largest absolute Gasteiger partial charge is 0.481 e. The highest BCUT2D eigenvalue weighted by atomic mass is 16.4. The summed E-state index contributed by atoms with van der Waals surface area (Å²) in [7, 11) is 0. The van der Waals surface area contributed by atoms with Crippen LogP contribution < -0.4 is 0 Å². The molecule has 19 heavy (non-hydrogen) atoms. The number of carboxylic acid groups (broad SMARTS) is 1. The summed E-state index contributed by atoms with van der Waals surface area (Å²) in [5.41, 5.74) is 1.90. The Morgan fingerprint density at radius 2 is 2.26 bits per heavy atom. The number of hydrogen-bond acceptors (Lipinski definition) is 4. The Hall–Kier alpha value is -2.36. The van der Waals surface area contributed by atoms with Crippen molar-refractivity contribution in [2.24, 2.45) is 0 Å². The predicted molar refractivity (Wildman–Crippen MR) is 64.0 cm³/mol. The van der Waals surface area contributed by atoms with Crippen LogP contribution in [-0.4, -0.2) is 38.2 Å². The molecule has 1 amide bonds. The minimum Gasteiger partial charge on any atom is -0.481 e. The van der Waals surface area contributed by atoms with Crippen molar-refractivity contribution in [3.8, 4) is 6.07 Å². The van der Waals surface area contributed by atoms with Gasteiger partial charge in [0.1, 0.15) is 6.07 Å². The number of carboxylic acids is 1. The average molecular weight is 262 g/mol. The Labute approximate surface area is 110 Å². The number of carbonyl (C=O) groups excluding carboxylic acids is 1. The van der Waals surface area contributed by atoms with Crippen LogP contribution in [0.1, 0.15) is 30.3 Å². The van der Waals surface area contributed by atoms with E-state index in [9.17, 15) is 9.59 Å². The van der Waals surface area contributed by atoms with E-state index in [2.05, 4.69) is 5.10 Å². The minimum absolute atomic E-state index is 0.0323. The van der Waals surface area contributed by atoms with Crippen LogP contribution in [0.2, 0.25) is 0 Å². The smallest absolute Gasteiger partial charge is 0.305 e. The van der Waals surface area contributed by atoms with E-state index in [0.29, 0.717) is 19.5 Å². The fourth-order valence-electron chi connectivity index (χ4n) is 2.24. The first-order valence-electron chi connectivity index (χ1n) is 5.99. The van der Waals surface area contributed by atoms with Gasteiger partial charge in [0.15, 0.2) is 5.69 Å². The molecule has 0 radical (unpaired) electrons. The Morgan fingerprint density at radius 1 is 1.53 bits per heavy atom. The highest BCUT2D eigenvalue weighted by Crippen LogP contribution is 2.22. The van der Waals surface area contributed by atoms with Crippen LogP contribution in [0.5, 0.6) is 0 Å². The van der Waals surface area contributed by atoms with Crippen molar-refractivity contribution < 1.29 is 14.7 Å². The van der Waals surface area contributed by atoms with Crippen molar-refractivity contribution in [3.63, 3.8) is 0 Å². The molecule has 1 aliphatic heterocycles. The van der Waals surface area contributed by atoms with Crippen LogP contribution in [0.4, 0.5) is 0 Å². The van der Waals surface area contributed by atoms with Crippen molar-refractivity contribution >= 4 is 11.9 Å². The quantitative estimate of drug-likeness (QED) is 0.834. The van der Waals surface area contributed by atoms with Gasteiger partial charge in [0.05, 0.1) is 19.5 Å². The molecule has 0 saturated heterocycles. The second kappa shape index (κ2) is 5.10. The summed E-state index contributed by atoms with van der Waals surface area (Å²) < 4.78 is 1.58. The summed E-state index contributed by atoms with van der Waals surface area (Å²) in [5, 5.41) is 21.9. The Bertz CT molecular complexity index is 570. The molecule has 1 aliphatic rings. The highest BCUT2D eigenvalue weighted by Gasteiger charge is 2.26. The Kier molecular flexibility index (Phi) is 3.51. The lowest BCUT2D eigenvalue weighted by molar-refractivity contribution is -0.137. The van der Waals surface area contributed by atoms with E-state index in [1.807, 2.05) is 6.07 Å². The molecule has 100 valence electrons. The average Bonchev–Trinajstić information content (AvgIpc) is 2.73. The van der Waals surface area contributed by atoms with E-state index in [0.717, 1.165) is 11.3 Å². The molecule has 0 bridgehead atoms. The lowest BCUT2D eigenvalue weighted by atomic mass is 10.1. The molecule has 0 atom stereocenters. The predicted octanol–water partition coefficient (Wildman–Crippen LogP) is 0.134. The zero-order valence-electron chi connectivity index (χ0n) is 10.6. The first-order valence-corrected chi connectivity index (χ1v) is 5.99. The van der Waals surface area contributed by atoms with Gasteiger partial charge in [0.2, 0.25) is 5.91 Å². The van der Waals surface area contributed by atoms with Crippen LogP contribution in [0, 0.1) is 11.3 Å². The number of aliphatic carboxylic acids is 1. The van der Waals surface area contributed by atoms with Crippen LogP contribution in [0.15, 0.2) is 0 Å². The van der Waals surface area contributed by atoms with Crippen LogP contribution in [0.25, 0.3) is 0 Å². The van der Waals surface area contributed by atoms with E-state index in [4.69, 9.17) is 10.4 Å². The first kappa shape index (κ1) is 13.1. The summed E-state index contributed by atoms with van der Waals surface area (Å²) in [6.07, 6.45) is 0.568. The van der Waals surface area contributed by atoms with Gasteiger partial charge in [-0.1, -0.05) is 0 Å². The zero-order valence-corrected chi connectivity index (χ0v) is 10.6. The fraction of sp³-hybridized carbons (Fsp3) is 0.500. The number of amides is 1. The van der Waals surface area contributed by atoms with Gasteiger partial charge < -0.3 is 10.0 Å². The second-order valence-electron chi connectivity index (χ2n) is 4.44. The minimum atomic E-state index is -0.899. The maximum Gasteiger partial charge on any atom is 0.305 e. The van der Waals surface area contributed by atoms with E-state index >= 15 is 0 Å². The molecule has 1 N–H and O–H groups in total. The number of hydrogen-bond donors (Lipinski definition) is 1. The summed E-state index contributed by atoms with van der Waals surface area (Å²) in [4.78, 5) is 23.6. The molecule has 7 nitrogen and oxygen atoms in total. The van der Waals surface area contributed by atoms with Crippen LogP contribution in [-0.2, 0) is 29.1 Å². The zero-order chi connectivity index (χ0) is 14.0. The number of nitriles is 1. The van der Waals surface area contributed by atoms with Crippen molar-refractivity contribution in [1.29, 1.82) is 5.26 Å². The Balaban J connectivity index is 2.29. The molecule has 0 aromatic carbocycles. The molecule has 2 heterocycles. The lowest BCUT2D eigenvalue weighted by Crippen LogP contribution is -2.34. The number of aromatic nitrogens is 2. The summed E-state index contributed by atoms with van der Waals surface area (Å²) in [5.74, 6) is -0.934. The number of nitrogens with zero attached hydrogens (tertiary/aromatic N) is 4. The maximum atomic E-state index is 11.4. The third-order valence-electron chi connectivity index (χ3n) is 3.22. The third-order valence-corrected chi connectivity index (χ3v) is 3.22. The van der Waals surface area contributed by atoms with Gasteiger partial charge in [0, 0.05) is 31.1 Å². The summed E-state index contributed by atoms with van der Waals surface area (Å²) in [6.45, 7) is 2.69. The lowest BCUT2D eigenvalue weighted by Gasteiger charge is -2.26. The molecule has 0 unspecified atom stereocenters. The molecule has 7 heteroatoms. The van der Waals surface area contributed by atoms with E-state index in [1.54, 1.807) is 9.58 Å². The van der Waals surface area contributed by atoms with Gasteiger partial charge in [-0.05, 0) is 0 Å². The molecule has 0 saturated carbocycles. The molecule has 0 fully saturated rings. The SMILES string of the molecule is CC(=O)N1CCc2c(c(C#N)nn2CCC(=O)O)C1.